The lowest BCUT2D eigenvalue weighted by Gasteiger charge is -2.43. The first-order valence-electron chi connectivity index (χ1n) is 21.6. The number of anilines is 1. The van der Waals surface area contributed by atoms with Crippen LogP contribution in [0.5, 0.6) is 0 Å². The third kappa shape index (κ3) is 10.5. The molecule has 0 aromatic heterocycles. The molecule has 1 nitrogen and oxygen atoms in total. The van der Waals surface area contributed by atoms with Gasteiger partial charge >= 0.3 is 0 Å². The predicted molar refractivity (Wildman–Crippen MR) is 282 cm³/mol. The van der Waals surface area contributed by atoms with Gasteiger partial charge in [-0.2, -0.15) is 0 Å². The van der Waals surface area contributed by atoms with Crippen molar-refractivity contribution in [1.29, 1.82) is 0 Å². The zero-order chi connectivity index (χ0) is 43.7. The van der Waals surface area contributed by atoms with Crippen molar-refractivity contribution in [3.63, 3.8) is 0 Å². The van der Waals surface area contributed by atoms with Crippen LogP contribution in [0.1, 0.15) is 41.5 Å². The first-order chi connectivity index (χ1) is 29.9. The highest BCUT2D eigenvalue weighted by Crippen LogP contribution is 2.59. The molecule has 8 rings (SSSR count). The smallest absolute Gasteiger partial charge is 0.0440 e. The van der Waals surface area contributed by atoms with Gasteiger partial charge < -0.3 is 4.90 Å². The average molecular weight is 864 g/mol. The van der Waals surface area contributed by atoms with Gasteiger partial charge in [0.25, 0.3) is 0 Å². The van der Waals surface area contributed by atoms with Crippen molar-refractivity contribution < 1.29 is 0 Å². The van der Waals surface area contributed by atoms with Gasteiger partial charge in [-0.05, 0) is 86.0 Å². The maximum Gasteiger partial charge on any atom is 0.0440 e. The standard InChI is InChI=1S/C36H28P2.C22H32NP/c1-5-17-29(18-6-1)37(30-19-7-2-8-20-30)35-27-15-13-25-33(35)34-26-14-16-28-36(34)38(31-21-9-3-10-22-31)32-23-11-4-12-24-32;1-21(2,3)24(22(4,5)6)20-16-12-10-14-18(20)17-13-9-11-15-19(17)23(7)8/h1-28H;9-16H,1-8H3. The maximum absolute atomic E-state index is 2.39. The van der Waals surface area contributed by atoms with E-state index >= 15 is 0 Å². The van der Waals surface area contributed by atoms with Gasteiger partial charge in [-0.15, -0.1) is 0 Å². The molecule has 8 aromatic carbocycles. The Bertz CT molecular complexity index is 2410. The molecule has 0 amide bonds. The Morgan fingerprint density at radius 1 is 0.290 bits per heavy atom. The quantitative estimate of drug-likeness (QED) is 0.124. The average Bonchev–Trinajstić information content (AvgIpc) is 3.28. The SMILES string of the molecule is CN(C)c1ccccc1-c1ccccc1P(C(C)(C)C)C(C)(C)C.c1ccc(P(c2ccccc2)c2ccccc2-c2ccccc2P(c2ccccc2)c2ccccc2)cc1. The first-order valence-corrected chi connectivity index (χ1v) is 25.6. The number of hydrogen-bond donors (Lipinski definition) is 0. The highest BCUT2D eigenvalue weighted by molar-refractivity contribution is 7.80. The zero-order valence-electron chi connectivity index (χ0n) is 37.6. The molecule has 0 aliphatic carbocycles. The van der Waals surface area contributed by atoms with Crippen LogP contribution < -0.4 is 42.0 Å². The van der Waals surface area contributed by atoms with E-state index in [1.807, 2.05) is 0 Å². The lowest BCUT2D eigenvalue weighted by Crippen LogP contribution is -2.32. The van der Waals surface area contributed by atoms with Crippen molar-refractivity contribution in [3.05, 3.63) is 218 Å². The third-order valence-corrected chi connectivity index (χ3v) is 19.4. The third-order valence-electron chi connectivity index (χ3n) is 10.8. The highest BCUT2D eigenvalue weighted by atomic mass is 31.1. The van der Waals surface area contributed by atoms with Crippen molar-refractivity contribution in [1.82, 2.24) is 0 Å². The normalized spacial score (nSPS) is 11.7. The van der Waals surface area contributed by atoms with Gasteiger partial charge in [-0.25, -0.2) is 0 Å². The molecule has 0 saturated carbocycles. The van der Waals surface area contributed by atoms with E-state index in [1.54, 1.807) is 0 Å². The molecule has 0 N–H and O–H groups in total. The summed E-state index contributed by atoms with van der Waals surface area (Å²) in [5.74, 6) is 0. The molecule has 0 fully saturated rings. The van der Waals surface area contributed by atoms with E-state index in [0.29, 0.717) is 0 Å². The van der Waals surface area contributed by atoms with Gasteiger partial charge in [0.1, 0.15) is 0 Å². The summed E-state index contributed by atoms with van der Waals surface area (Å²) in [6.07, 6.45) is 0. The summed E-state index contributed by atoms with van der Waals surface area (Å²) in [7, 11) is 2.47. The molecule has 0 atom stereocenters. The fourth-order valence-electron chi connectivity index (χ4n) is 8.67. The Labute approximate surface area is 376 Å². The summed E-state index contributed by atoms with van der Waals surface area (Å²) in [6, 6.07) is 79.8. The molecule has 62 heavy (non-hydrogen) atoms. The summed E-state index contributed by atoms with van der Waals surface area (Å²) >= 11 is 0. The molecule has 0 aliphatic heterocycles. The minimum atomic E-state index is -0.723. The van der Waals surface area contributed by atoms with Crippen molar-refractivity contribution in [2.75, 3.05) is 19.0 Å². The fourth-order valence-corrected chi connectivity index (χ4v) is 17.7. The molecule has 312 valence electrons. The van der Waals surface area contributed by atoms with Gasteiger partial charge in [0, 0.05) is 25.3 Å². The molecule has 0 bridgehead atoms. The van der Waals surface area contributed by atoms with Crippen LogP contribution in [0.4, 0.5) is 5.69 Å². The molecule has 8 aromatic rings. The van der Waals surface area contributed by atoms with E-state index in [4.69, 9.17) is 0 Å². The van der Waals surface area contributed by atoms with E-state index in [1.165, 1.54) is 65.1 Å². The van der Waals surface area contributed by atoms with Crippen LogP contribution in [-0.2, 0) is 0 Å². The van der Waals surface area contributed by atoms with Crippen LogP contribution in [0, 0.1) is 0 Å². The molecule has 4 heteroatoms. The van der Waals surface area contributed by atoms with E-state index in [-0.39, 0.29) is 18.2 Å². The Balaban J connectivity index is 0.000000208. The minimum Gasteiger partial charge on any atom is -0.377 e. The van der Waals surface area contributed by atoms with Crippen molar-refractivity contribution in [2.24, 2.45) is 0 Å². The van der Waals surface area contributed by atoms with Crippen LogP contribution in [0.2, 0.25) is 0 Å². The van der Waals surface area contributed by atoms with Crippen molar-refractivity contribution in [3.8, 4) is 22.3 Å². The molecule has 0 saturated heterocycles. The molecule has 0 aliphatic rings. The van der Waals surface area contributed by atoms with Crippen LogP contribution in [0.3, 0.4) is 0 Å². The van der Waals surface area contributed by atoms with Crippen molar-refractivity contribution >= 4 is 66.6 Å². The molecule has 0 unspecified atom stereocenters. The van der Waals surface area contributed by atoms with E-state index in [9.17, 15) is 0 Å². The van der Waals surface area contributed by atoms with Gasteiger partial charge in [0.15, 0.2) is 0 Å². The van der Waals surface area contributed by atoms with Crippen LogP contribution in [0.25, 0.3) is 22.3 Å². The zero-order valence-corrected chi connectivity index (χ0v) is 40.3. The van der Waals surface area contributed by atoms with E-state index in [2.05, 4.69) is 279 Å². The van der Waals surface area contributed by atoms with Gasteiger partial charge in [-0.3, -0.25) is 0 Å². The lowest BCUT2D eigenvalue weighted by atomic mass is 10.0. The Morgan fingerprint density at radius 2 is 0.548 bits per heavy atom. The Morgan fingerprint density at radius 3 is 0.871 bits per heavy atom. The second-order valence-electron chi connectivity index (χ2n) is 17.7. The number of rotatable bonds is 10. The second kappa shape index (κ2) is 20.4. The van der Waals surface area contributed by atoms with Gasteiger partial charge in [0.2, 0.25) is 0 Å². The second-order valence-corrected chi connectivity index (χ2v) is 25.9. The summed E-state index contributed by atoms with van der Waals surface area (Å²) in [5, 5.41) is 10.3. The molecule has 0 spiro atoms. The monoisotopic (exact) mass is 863 g/mol. The highest BCUT2D eigenvalue weighted by Gasteiger charge is 2.37. The van der Waals surface area contributed by atoms with Crippen LogP contribution in [-0.4, -0.2) is 24.4 Å². The molecular formula is C58H60NP3. The Kier molecular flexibility index (Phi) is 14.7. The van der Waals surface area contributed by atoms with Crippen LogP contribution >= 0.6 is 23.8 Å². The van der Waals surface area contributed by atoms with Gasteiger partial charge in [-0.1, -0.05) is 262 Å². The largest absolute Gasteiger partial charge is 0.377 e. The maximum atomic E-state index is 2.39. The minimum absolute atomic E-state index is 0.261. The predicted octanol–water partition coefficient (Wildman–Crippen LogP) is 13.0. The number of hydrogen-bond acceptors (Lipinski definition) is 1. The number of nitrogens with zero attached hydrogens (tertiary/aromatic N) is 1. The van der Waals surface area contributed by atoms with E-state index < -0.39 is 15.8 Å². The summed E-state index contributed by atoms with van der Waals surface area (Å²) < 4.78 is 0. The fraction of sp³-hybridized carbons (Fsp3) is 0.172. The summed E-state index contributed by atoms with van der Waals surface area (Å²) in [4.78, 5) is 2.21. The first kappa shape index (κ1) is 44.9. The topological polar surface area (TPSA) is 3.24 Å². The summed E-state index contributed by atoms with van der Waals surface area (Å²) in [6.45, 7) is 14.3. The summed E-state index contributed by atoms with van der Waals surface area (Å²) in [5.41, 5.74) is 6.64. The number of para-hydroxylation sites is 1. The van der Waals surface area contributed by atoms with Crippen molar-refractivity contribution in [2.45, 2.75) is 51.9 Å². The van der Waals surface area contributed by atoms with Gasteiger partial charge in [0.05, 0.1) is 0 Å². The van der Waals surface area contributed by atoms with E-state index in [0.717, 1.165) is 0 Å². The number of benzene rings is 8. The Hall–Kier alpha value is -5.15. The molecule has 0 heterocycles. The van der Waals surface area contributed by atoms with Crippen LogP contribution in [0.15, 0.2) is 218 Å². The lowest BCUT2D eigenvalue weighted by molar-refractivity contribution is 0.715. The molecular weight excluding hydrogens is 804 g/mol. The molecule has 0 radical (unpaired) electrons.